The SMILES string of the molecule is CO[C@H]1CCN(c2ncc(F)c(N3CC[C@@H](Oc4ccc([C@H](C)NC(C)=O)cc4)C3)n2)C1. The van der Waals surface area contributed by atoms with Crippen LogP contribution < -0.4 is 19.9 Å². The maximum Gasteiger partial charge on any atom is 0.227 e. The summed E-state index contributed by atoms with van der Waals surface area (Å²) in [5, 5.41) is 2.87. The van der Waals surface area contributed by atoms with Gasteiger partial charge in [-0.3, -0.25) is 4.79 Å². The molecule has 0 radical (unpaired) electrons. The van der Waals surface area contributed by atoms with E-state index in [1.165, 1.54) is 13.1 Å². The van der Waals surface area contributed by atoms with Crippen molar-refractivity contribution in [3.63, 3.8) is 0 Å². The van der Waals surface area contributed by atoms with Crippen molar-refractivity contribution in [2.24, 2.45) is 0 Å². The Bertz CT molecular complexity index is 942. The Morgan fingerprint density at radius 2 is 1.84 bits per heavy atom. The van der Waals surface area contributed by atoms with E-state index in [2.05, 4.69) is 15.3 Å². The molecule has 9 heteroatoms. The van der Waals surface area contributed by atoms with Crippen LogP contribution in [0.2, 0.25) is 0 Å². The maximum atomic E-state index is 14.5. The first kappa shape index (κ1) is 22.3. The fourth-order valence-electron chi connectivity index (χ4n) is 4.26. The van der Waals surface area contributed by atoms with Crippen LogP contribution in [0.25, 0.3) is 0 Å². The minimum absolute atomic E-state index is 0.0592. The van der Waals surface area contributed by atoms with Gasteiger partial charge in [0.1, 0.15) is 11.9 Å². The average molecular weight is 444 g/mol. The molecule has 172 valence electrons. The highest BCUT2D eigenvalue weighted by Gasteiger charge is 2.29. The summed E-state index contributed by atoms with van der Waals surface area (Å²) in [6.45, 7) is 6.17. The predicted octanol–water partition coefficient (Wildman–Crippen LogP) is 2.70. The van der Waals surface area contributed by atoms with Gasteiger partial charge in [0.2, 0.25) is 11.9 Å². The molecule has 1 aromatic carbocycles. The van der Waals surface area contributed by atoms with Gasteiger partial charge in [-0.2, -0.15) is 4.98 Å². The lowest BCUT2D eigenvalue weighted by Gasteiger charge is -2.21. The zero-order valence-electron chi connectivity index (χ0n) is 18.8. The summed E-state index contributed by atoms with van der Waals surface area (Å²) < 4.78 is 26.1. The standard InChI is InChI=1S/C23H30FN5O3/c1-15(26-16(2)30)17-4-6-18(7-5-17)32-20-9-10-28(14-20)22-21(24)12-25-23(27-22)29-11-8-19(13-29)31-3/h4-7,12,15,19-20H,8-11,13-14H2,1-3H3,(H,26,30)/t15-,19-,20+/m0/s1. The average Bonchev–Trinajstić information content (AvgIpc) is 3.44. The van der Waals surface area contributed by atoms with Crippen LogP contribution in [0.4, 0.5) is 16.2 Å². The zero-order valence-corrected chi connectivity index (χ0v) is 18.8. The highest BCUT2D eigenvalue weighted by Crippen LogP contribution is 2.27. The van der Waals surface area contributed by atoms with E-state index in [4.69, 9.17) is 9.47 Å². The van der Waals surface area contributed by atoms with Gasteiger partial charge in [-0.15, -0.1) is 0 Å². The number of nitrogens with one attached hydrogen (secondary N) is 1. The quantitative estimate of drug-likeness (QED) is 0.705. The van der Waals surface area contributed by atoms with Crippen molar-refractivity contribution in [3.8, 4) is 5.75 Å². The summed E-state index contributed by atoms with van der Waals surface area (Å²) in [6, 6.07) is 7.64. The van der Waals surface area contributed by atoms with Crippen molar-refractivity contribution in [3.05, 3.63) is 41.8 Å². The summed E-state index contributed by atoms with van der Waals surface area (Å²) in [4.78, 5) is 23.9. The van der Waals surface area contributed by atoms with Crippen molar-refractivity contribution >= 4 is 17.7 Å². The molecule has 32 heavy (non-hydrogen) atoms. The Hall–Kier alpha value is -2.94. The number of nitrogens with zero attached hydrogens (tertiary/aromatic N) is 4. The topological polar surface area (TPSA) is 79.8 Å². The third-order valence-electron chi connectivity index (χ3n) is 6.02. The van der Waals surface area contributed by atoms with E-state index in [0.29, 0.717) is 31.4 Å². The van der Waals surface area contributed by atoms with Crippen molar-refractivity contribution in [1.29, 1.82) is 0 Å². The van der Waals surface area contributed by atoms with Crippen LogP contribution in [0.1, 0.15) is 38.3 Å². The third-order valence-corrected chi connectivity index (χ3v) is 6.02. The molecular weight excluding hydrogens is 413 g/mol. The number of amides is 1. The lowest BCUT2D eigenvalue weighted by molar-refractivity contribution is -0.119. The van der Waals surface area contributed by atoms with Gasteiger partial charge in [-0.05, 0) is 31.0 Å². The molecule has 1 aromatic heterocycles. The van der Waals surface area contributed by atoms with Gasteiger partial charge in [-0.25, -0.2) is 9.37 Å². The number of benzene rings is 1. The van der Waals surface area contributed by atoms with Crippen LogP contribution in [-0.4, -0.2) is 61.4 Å². The normalized spacial score (nSPS) is 21.6. The number of anilines is 2. The number of aromatic nitrogens is 2. The fourth-order valence-corrected chi connectivity index (χ4v) is 4.26. The third kappa shape index (κ3) is 5.09. The van der Waals surface area contributed by atoms with Crippen LogP contribution in [0, 0.1) is 5.82 Å². The van der Waals surface area contributed by atoms with Gasteiger partial charge in [0.15, 0.2) is 11.6 Å². The summed E-state index contributed by atoms with van der Waals surface area (Å²) in [5.74, 6) is 1.12. The first-order valence-electron chi connectivity index (χ1n) is 11.0. The molecule has 1 amide bonds. The molecule has 0 bridgehead atoms. The van der Waals surface area contributed by atoms with E-state index >= 15 is 0 Å². The highest BCUT2D eigenvalue weighted by molar-refractivity contribution is 5.73. The summed E-state index contributed by atoms with van der Waals surface area (Å²) in [7, 11) is 1.70. The molecule has 0 unspecified atom stereocenters. The van der Waals surface area contributed by atoms with E-state index in [1.54, 1.807) is 7.11 Å². The van der Waals surface area contributed by atoms with Gasteiger partial charge in [0.05, 0.1) is 24.9 Å². The second-order valence-electron chi connectivity index (χ2n) is 8.40. The van der Waals surface area contributed by atoms with E-state index in [-0.39, 0.29) is 24.2 Å². The summed E-state index contributed by atoms with van der Waals surface area (Å²) >= 11 is 0. The minimum atomic E-state index is -0.423. The first-order valence-corrected chi connectivity index (χ1v) is 11.0. The largest absolute Gasteiger partial charge is 0.489 e. The van der Waals surface area contributed by atoms with Crippen molar-refractivity contribution in [2.75, 3.05) is 43.1 Å². The molecule has 0 saturated carbocycles. The number of halogens is 1. The highest BCUT2D eigenvalue weighted by atomic mass is 19.1. The predicted molar refractivity (Wildman–Crippen MR) is 120 cm³/mol. The zero-order chi connectivity index (χ0) is 22.7. The summed E-state index contributed by atoms with van der Waals surface area (Å²) in [6.07, 6.45) is 3.04. The van der Waals surface area contributed by atoms with Crippen molar-refractivity contribution in [1.82, 2.24) is 15.3 Å². The second-order valence-corrected chi connectivity index (χ2v) is 8.40. The van der Waals surface area contributed by atoms with Crippen LogP contribution >= 0.6 is 0 Å². The Balaban J connectivity index is 1.37. The number of hydrogen-bond acceptors (Lipinski definition) is 7. The number of carbonyl (C=O) groups is 1. The van der Waals surface area contributed by atoms with Crippen LogP contribution in [0.15, 0.2) is 30.5 Å². The molecule has 1 N–H and O–H groups in total. The molecule has 2 aromatic rings. The monoisotopic (exact) mass is 443 g/mol. The van der Waals surface area contributed by atoms with Crippen LogP contribution in [0.3, 0.4) is 0 Å². The molecule has 2 fully saturated rings. The smallest absolute Gasteiger partial charge is 0.227 e. The van der Waals surface area contributed by atoms with E-state index in [0.717, 1.165) is 30.7 Å². The molecule has 2 aliphatic rings. The number of hydrogen-bond donors (Lipinski definition) is 1. The van der Waals surface area contributed by atoms with Gasteiger partial charge < -0.3 is 24.6 Å². The number of ether oxygens (including phenoxy) is 2. The molecular formula is C23H30FN5O3. The van der Waals surface area contributed by atoms with E-state index in [1.807, 2.05) is 41.0 Å². The van der Waals surface area contributed by atoms with Gasteiger partial charge in [-0.1, -0.05) is 12.1 Å². The van der Waals surface area contributed by atoms with Crippen molar-refractivity contribution in [2.45, 2.75) is 44.9 Å². The van der Waals surface area contributed by atoms with Gasteiger partial charge >= 0.3 is 0 Å². The molecule has 0 aliphatic carbocycles. The van der Waals surface area contributed by atoms with Gasteiger partial charge in [0, 0.05) is 40.1 Å². The Morgan fingerprint density at radius 1 is 1.16 bits per heavy atom. The number of methoxy groups -OCH3 is 1. The van der Waals surface area contributed by atoms with E-state index in [9.17, 15) is 9.18 Å². The maximum absolute atomic E-state index is 14.5. The van der Waals surface area contributed by atoms with Crippen LogP contribution in [-0.2, 0) is 9.53 Å². The molecule has 4 rings (SSSR count). The molecule has 0 spiro atoms. The number of carbonyl (C=O) groups excluding carboxylic acids is 1. The number of rotatable bonds is 7. The fraction of sp³-hybridized carbons (Fsp3) is 0.522. The molecule has 2 saturated heterocycles. The molecule has 3 heterocycles. The molecule has 8 nitrogen and oxygen atoms in total. The molecule has 3 atom stereocenters. The van der Waals surface area contributed by atoms with Crippen molar-refractivity contribution < 1.29 is 18.7 Å². The Labute approximate surface area is 187 Å². The Morgan fingerprint density at radius 3 is 2.53 bits per heavy atom. The van der Waals surface area contributed by atoms with Gasteiger partial charge in [0.25, 0.3) is 0 Å². The first-order chi connectivity index (χ1) is 15.4. The second kappa shape index (κ2) is 9.68. The lowest BCUT2D eigenvalue weighted by Crippen LogP contribution is -2.28. The molecule has 2 aliphatic heterocycles. The van der Waals surface area contributed by atoms with E-state index < -0.39 is 5.82 Å². The Kier molecular flexibility index (Phi) is 6.74. The lowest BCUT2D eigenvalue weighted by atomic mass is 10.1. The summed E-state index contributed by atoms with van der Waals surface area (Å²) in [5.41, 5.74) is 1.01. The minimum Gasteiger partial charge on any atom is -0.489 e. The van der Waals surface area contributed by atoms with Crippen LogP contribution in [0.5, 0.6) is 5.75 Å².